The maximum absolute atomic E-state index is 12.9. The van der Waals surface area contributed by atoms with Gasteiger partial charge in [0.25, 0.3) is 0 Å². The van der Waals surface area contributed by atoms with Crippen molar-refractivity contribution in [3.8, 4) is 33.8 Å². The molecule has 0 radical (unpaired) electrons. The van der Waals surface area contributed by atoms with Crippen LogP contribution in [0.2, 0.25) is 0 Å². The van der Waals surface area contributed by atoms with Crippen LogP contribution in [0.3, 0.4) is 0 Å². The van der Waals surface area contributed by atoms with Gasteiger partial charge >= 0.3 is 11.9 Å². The molecule has 4 aromatic carbocycles. The van der Waals surface area contributed by atoms with E-state index in [1.54, 1.807) is 24.3 Å². The van der Waals surface area contributed by atoms with Crippen molar-refractivity contribution in [1.82, 2.24) is 0 Å². The Morgan fingerprint density at radius 1 is 0.500 bits per heavy atom. The summed E-state index contributed by atoms with van der Waals surface area (Å²) in [5.41, 5.74) is 5.46. The van der Waals surface area contributed by atoms with Crippen LogP contribution in [0.25, 0.3) is 22.3 Å². The lowest BCUT2D eigenvalue weighted by atomic mass is 9.82. The second kappa shape index (κ2) is 18.0. The predicted octanol–water partition coefficient (Wildman–Crippen LogP) is 9.60. The minimum absolute atomic E-state index is 0.0203. The van der Waals surface area contributed by atoms with E-state index in [-0.39, 0.29) is 35.6 Å². The van der Waals surface area contributed by atoms with Gasteiger partial charge in [-0.2, -0.15) is 0 Å². The summed E-state index contributed by atoms with van der Waals surface area (Å²) >= 11 is 0. The molecule has 5 rings (SSSR count). The Bertz CT molecular complexity index is 1590. The lowest BCUT2D eigenvalue weighted by molar-refractivity contribution is -0.145. The highest BCUT2D eigenvalue weighted by Gasteiger charge is 2.32. The van der Waals surface area contributed by atoms with Crippen LogP contribution in [0.15, 0.2) is 97.1 Å². The number of rotatable bonds is 14. The molecule has 0 atom stereocenters. The summed E-state index contributed by atoms with van der Waals surface area (Å²) in [5, 5.41) is 5.84. The fourth-order valence-corrected chi connectivity index (χ4v) is 6.01. The van der Waals surface area contributed by atoms with E-state index in [9.17, 15) is 19.2 Å². The van der Waals surface area contributed by atoms with Crippen LogP contribution in [-0.2, 0) is 19.2 Å². The normalized spacial score (nSPS) is 15.5. The predicted molar refractivity (Wildman–Crippen MR) is 197 cm³/mol. The van der Waals surface area contributed by atoms with Crippen molar-refractivity contribution in [3.63, 3.8) is 0 Å². The van der Waals surface area contributed by atoms with Gasteiger partial charge < -0.3 is 20.1 Å². The number of hydrogen-bond acceptors (Lipinski definition) is 6. The maximum Gasteiger partial charge on any atom is 0.314 e. The van der Waals surface area contributed by atoms with Crippen LogP contribution >= 0.6 is 0 Å². The first-order chi connectivity index (χ1) is 24.3. The summed E-state index contributed by atoms with van der Waals surface area (Å²) in [7, 11) is 0. The van der Waals surface area contributed by atoms with Crippen LogP contribution < -0.4 is 20.1 Å². The summed E-state index contributed by atoms with van der Waals surface area (Å²) in [5.74, 6) is -0.102. The molecule has 4 aromatic rings. The second-order valence-electron chi connectivity index (χ2n) is 12.9. The van der Waals surface area contributed by atoms with E-state index in [2.05, 4.69) is 24.5 Å². The number of ether oxygens (including phenoxy) is 2. The molecule has 0 aromatic heterocycles. The highest BCUT2D eigenvalue weighted by Crippen LogP contribution is 2.32. The Balaban J connectivity index is 1.05. The van der Waals surface area contributed by atoms with E-state index >= 15 is 0 Å². The Labute approximate surface area is 294 Å². The third kappa shape index (κ3) is 10.4. The molecule has 0 spiro atoms. The number of amides is 2. The average molecular weight is 675 g/mol. The van der Waals surface area contributed by atoms with Crippen molar-refractivity contribution in [3.05, 3.63) is 97.1 Å². The van der Waals surface area contributed by atoms with E-state index < -0.39 is 0 Å². The number of anilines is 2. The van der Waals surface area contributed by atoms with Crippen molar-refractivity contribution in [1.29, 1.82) is 0 Å². The molecule has 1 aliphatic rings. The number of carbonyl (C=O) groups is 4. The summed E-state index contributed by atoms with van der Waals surface area (Å²) in [4.78, 5) is 49.9. The average Bonchev–Trinajstić information content (AvgIpc) is 3.14. The lowest BCUT2D eigenvalue weighted by Crippen LogP contribution is -2.30. The first kappa shape index (κ1) is 36.1. The van der Waals surface area contributed by atoms with E-state index in [1.807, 2.05) is 72.8 Å². The zero-order valence-corrected chi connectivity index (χ0v) is 28.9. The monoisotopic (exact) mass is 674 g/mol. The van der Waals surface area contributed by atoms with E-state index in [4.69, 9.17) is 9.47 Å². The van der Waals surface area contributed by atoms with E-state index in [0.29, 0.717) is 50.0 Å². The fraction of sp³-hybridized carbons (Fsp3) is 0.333. The second-order valence-corrected chi connectivity index (χ2v) is 12.9. The van der Waals surface area contributed by atoms with E-state index in [1.165, 1.54) is 0 Å². The molecule has 2 N–H and O–H groups in total. The number of unbranched alkanes of at least 4 members (excludes halogenated alkanes) is 2. The number of carbonyl (C=O) groups excluding carboxylic acids is 4. The molecule has 1 aliphatic carbocycles. The third-order valence-corrected chi connectivity index (χ3v) is 9.06. The molecule has 260 valence electrons. The molecule has 2 amide bonds. The fourth-order valence-electron chi connectivity index (χ4n) is 6.01. The van der Waals surface area contributed by atoms with Gasteiger partial charge in [-0.25, -0.2) is 0 Å². The van der Waals surface area contributed by atoms with Gasteiger partial charge in [-0.15, -0.1) is 0 Å². The Hall–Kier alpha value is -5.24. The minimum Gasteiger partial charge on any atom is -0.426 e. The van der Waals surface area contributed by atoms with Crippen molar-refractivity contribution < 1.29 is 28.7 Å². The maximum atomic E-state index is 12.9. The van der Waals surface area contributed by atoms with E-state index in [0.717, 1.165) is 59.3 Å². The quantitative estimate of drug-likeness (QED) is 0.102. The van der Waals surface area contributed by atoms with Gasteiger partial charge in [0, 0.05) is 24.2 Å². The summed E-state index contributed by atoms with van der Waals surface area (Å²) in [6.07, 6.45) is 6.98. The highest BCUT2D eigenvalue weighted by molar-refractivity contribution is 5.91. The first-order valence-electron chi connectivity index (χ1n) is 17.8. The largest absolute Gasteiger partial charge is 0.426 e. The van der Waals surface area contributed by atoms with Crippen molar-refractivity contribution in [2.45, 2.75) is 78.1 Å². The van der Waals surface area contributed by atoms with Gasteiger partial charge in [-0.05, 0) is 109 Å². The van der Waals surface area contributed by atoms with Gasteiger partial charge in [0.2, 0.25) is 11.8 Å². The summed E-state index contributed by atoms with van der Waals surface area (Å²) < 4.78 is 11.4. The smallest absolute Gasteiger partial charge is 0.314 e. The molecule has 8 heteroatoms. The third-order valence-electron chi connectivity index (χ3n) is 9.06. The van der Waals surface area contributed by atoms with Gasteiger partial charge in [0.05, 0.1) is 11.8 Å². The molecule has 0 saturated heterocycles. The molecule has 50 heavy (non-hydrogen) atoms. The number of nitrogens with one attached hydrogen (secondary N) is 2. The highest BCUT2D eigenvalue weighted by atomic mass is 16.5. The lowest BCUT2D eigenvalue weighted by Gasteiger charge is -2.25. The summed E-state index contributed by atoms with van der Waals surface area (Å²) in [6, 6.07) is 30.1. The van der Waals surface area contributed by atoms with Crippen LogP contribution in [0.4, 0.5) is 11.4 Å². The van der Waals surface area contributed by atoms with Crippen LogP contribution in [0, 0.1) is 11.8 Å². The topological polar surface area (TPSA) is 111 Å². The zero-order valence-electron chi connectivity index (χ0n) is 28.9. The molecule has 0 unspecified atom stereocenters. The number of benzene rings is 4. The minimum atomic E-state index is -0.282. The standard InChI is InChI=1S/C42H46N2O6/c1-3-5-7-39(45)43-35-21-13-29(14-22-35)31-17-25-37(26-18-31)49-41(47)33-9-11-34(12-10-33)42(48)50-38-27-19-32(20-28-38)30-15-23-36(24-16-30)44-40(46)8-6-4-2/h13-28,33-34H,3-12H2,1-2H3,(H,43,45)(H,44,46)/t33-,34-. The number of hydrogen-bond donors (Lipinski definition) is 2. The van der Waals surface area contributed by atoms with Gasteiger partial charge in [0.15, 0.2) is 0 Å². The Morgan fingerprint density at radius 2 is 0.800 bits per heavy atom. The molecule has 1 saturated carbocycles. The van der Waals surface area contributed by atoms with Gasteiger partial charge in [-0.3, -0.25) is 19.2 Å². The molecule has 0 bridgehead atoms. The van der Waals surface area contributed by atoms with Crippen LogP contribution in [0.5, 0.6) is 11.5 Å². The zero-order chi connectivity index (χ0) is 35.3. The van der Waals surface area contributed by atoms with Crippen molar-refractivity contribution >= 4 is 35.1 Å². The van der Waals surface area contributed by atoms with Crippen LogP contribution in [0.1, 0.15) is 78.1 Å². The molecule has 0 heterocycles. The Kier molecular flexibility index (Phi) is 12.9. The van der Waals surface area contributed by atoms with Gasteiger partial charge in [-0.1, -0.05) is 75.2 Å². The SMILES string of the molecule is CCCCC(=O)Nc1ccc(-c2ccc(OC(=O)[C@H]3CC[C@H](C(=O)Oc4ccc(-c5ccc(NC(=O)CCCC)cc5)cc4)CC3)cc2)cc1. The Morgan fingerprint density at radius 3 is 1.10 bits per heavy atom. The first-order valence-corrected chi connectivity index (χ1v) is 17.8. The molecule has 0 aliphatic heterocycles. The summed E-state index contributed by atoms with van der Waals surface area (Å²) in [6.45, 7) is 4.12. The molecule has 8 nitrogen and oxygen atoms in total. The van der Waals surface area contributed by atoms with Gasteiger partial charge in [0.1, 0.15) is 11.5 Å². The van der Waals surface area contributed by atoms with Crippen molar-refractivity contribution in [2.24, 2.45) is 11.8 Å². The molecular formula is C42H46N2O6. The molecular weight excluding hydrogens is 628 g/mol. The van der Waals surface area contributed by atoms with Crippen molar-refractivity contribution in [2.75, 3.05) is 10.6 Å². The molecule has 1 fully saturated rings. The van der Waals surface area contributed by atoms with Crippen LogP contribution in [-0.4, -0.2) is 23.8 Å². The number of esters is 2.